The van der Waals surface area contributed by atoms with Crippen LogP contribution in [0.25, 0.3) is 0 Å². The maximum absolute atomic E-state index is 13.7. The fraction of sp³-hybridized carbons (Fsp3) is 0.500. The molecule has 1 aliphatic rings. The largest absolute Gasteiger partial charge is 0.384 e. The lowest BCUT2D eigenvalue weighted by Gasteiger charge is -2.46. The van der Waals surface area contributed by atoms with E-state index in [0.717, 1.165) is 18.4 Å². The third-order valence-electron chi connectivity index (χ3n) is 3.17. The van der Waals surface area contributed by atoms with Crippen LogP contribution in [0.3, 0.4) is 0 Å². The van der Waals surface area contributed by atoms with Gasteiger partial charge in [-0.25, -0.2) is 4.39 Å². The highest BCUT2D eigenvalue weighted by Gasteiger charge is 2.45. The summed E-state index contributed by atoms with van der Waals surface area (Å²) in [6.07, 6.45) is 1.61. The van der Waals surface area contributed by atoms with Crippen molar-refractivity contribution in [3.05, 3.63) is 35.6 Å². The molecule has 0 aromatic heterocycles. The van der Waals surface area contributed by atoms with E-state index in [9.17, 15) is 4.39 Å². The quantitative estimate of drug-likeness (QED) is 0.824. The average Bonchev–Trinajstić information content (AvgIpc) is 2.16. The van der Waals surface area contributed by atoms with Crippen molar-refractivity contribution in [2.75, 3.05) is 13.7 Å². The van der Waals surface area contributed by atoms with Gasteiger partial charge in [0, 0.05) is 18.6 Å². The van der Waals surface area contributed by atoms with E-state index in [1.165, 1.54) is 6.07 Å². The standard InChI is InChI=1S/C12H16FNO/c1-15-8-12(6-9(14)7-12)10-4-2-3-5-11(10)13/h2-5,9H,6-8,14H2,1H3. The van der Waals surface area contributed by atoms with Crippen molar-refractivity contribution in [1.29, 1.82) is 0 Å². The van der Waals surface area contributed by atoms with Crippen LogP contribution in [0.1, 0.15) is 18.4 Å². The van der Waals surface area contributed by atoms with Gasteiger partial charge in [-0.3, -0.25) is 0 Å². The molecule has 0 atom stereocenters. The Labute approximate surface area is 89.2 Å². The molecule has 2 nitrogen and oxygen atoms in total. The van der Waals surface area contributed by atoms with Crippen LogP contribution in [0.5, 0.6) is 0 Å². The molecule has 1 fully saturated rings. The minimum absolute atomic E-state index is 0.151. The van der Waals surface area contributed by atoms with E-state index < -0.39 is 0 Å². The second kappa shape index (κ2) is 3.91. The third kappa shape index (κ3) is 1.77. The Morgan fingerprint density at radius 1 is 1.47 bits per heavy atom. The highest BCUT2D eigenvalue weighted by Crippen LogP contribution is 2.44. The van der Waals surface area contributed by atoms with Crippen molar-refractivity contribution in [2.45, 2.75) is 24.3 Å². The van der Waals surface area contributed by atoms with Gasteiger partial charge in [0.05, 0.1) is 6.61 Å². The number of nitrogens with two attached hydrogens (primary N) is 1. The van der Waals surface area contributed by atoms with Gasteiger partial charge in [0.15, 0.2) is 0 Å². The van der Waals surface area contributed by atoms with Crippen LogP contribution >= 0.6 is 0 Å². The molecule has 0 saturated heterocycles. The van der Waals surface area contributed by atoms with Gasteiger partial charge in [0.25, 0.3) is 0 Å². The molecule has 0 bridgehead atoms. The van der Waals surface area contributed by atoms with Crippen molar-refractivity contribution in [3.63, 3.8) is 0 Å². The van der Waals surface area contributed by atoms with Gasteiger partial charge in [0.1, 0.15) is 5.82 Å². The van der Waals surface area contributed by atoms with Crippen molar-refractivity contribution in [1.82, 2.24) is 0 Å². The highest BCUT2D eigenvalue weighted by atomic mass is 19.1. The number of rotatable bonds is 3. The molecule has 0 radical (unpaired) electrons. The zero-order valence-corrected chi connectivity index (χ0v) is 8.87. The molecule has 0 heterocycles. The maximum atomic E-state index is 13.7. The van der Waals surface area contributed by atoms with E-state index in [1.54, 1.807) is 13.2 Å². The second-order valence-corrected chi connectivity index (χ2v) is 4.36. The molecular formula is C12H16FNO. The number of hydrogen-bond donors (Lipinski definition) is 1. The first-order valence-electron chi connectivity index (χ1n) is 5.17. The topological polar surface area (TPSA) is 35.2 Å². The number of halogens is 1. The summed E-state index contributed by atoms with van der Waals surface area (Å²) in [5.41, 5.74) is 6.34. The molecule has 3 heteroatoms. The molecule has 1 aromatic carbocycles. The van der Waals surface area contributed by atoms with Crippen LogP contribution < -0.4 is 5.73 Å². The molecule has 2 rings (SSSR count). The molecule has 82 valence electrons. The predicted molar refractivity (Wildman–Crippen MR) is 57.2 cm³/mol. The monoisotopic (exact) mass is 209 g/mol. The fourth-order valence-electron chi connectivity index (χ4n) is 2.53. The second-order valence-electron chi connectivity index (χ2n) is 4.36. The van der Waals surface area contributed by atoms with Crippen LogP contribution in [-0.2, 0) is 10.2 Å². The minimum Gasteiger partial charge on any atom is -0.384 e. The van der Waals surface area contributed by atoms with Gasteiger partial charge in [-0.05, 0) is 24.5 Å². The van der Waals surface area contributed by atoms with Crippen molar-refractivity contribution in [2.24, 2.45) is 5.73 Å². The Bertz CT molecular complexity index is 342. The summed E-state index contributed by atoms with van der Waals surface area (Å²) < 4.78 is 18.8. The van der Waals surface area contributed by atoms with E-state index in [4.69, 9.17) is 10.5 Å². The van der Waals surface area contributed by atoms with E-state index >= 15 is 0 Å². The van der Waals surface area contributed by atoms with Gasteiger partial charge in [0.2, 0.25) is 0 Å². The van der Waals surface area contributed by atoms with E-state index in [-0.39, 0.29) is 17.3 Å². The Hall–Kier alpha value is -0.930. The third-order valence-corrected chi connectivity index (χ3v) is 3.17. The molecule has 15 heavy (non-hydrogen) atoms. The maximum Gasteiger partial charge on any atom is 0.127 e. The van der Waals surface area contributed by atoms with Crippen molar-refractivity contribution in [3.8, 4) is 0 Å². The van der Waals surface area contributed by atoms with Gasteiger partial charge in [-0.15, -0.1) is 0 Å². The van der Waals surface area contributed by atoms with Crippen molar-refractivity contribution >= 4 is 0 Å². The molecule has 1 saturated carbocycles. The Morgan fingerprint density at radius 2 is 2.13 bits per heavy atom. The van der Waals surface area contributed by atoms with Crippen LogP contribution in [-0.4, -0.2) is 19.8 Å². The van der Waals surface area contributed by atoms with E-state index in [2.05, 4.69) is 0 Å². The summed E-state index contributed by atoms with van der Waals surface area (Å²) in [5.74, 6) is -0.151. The summed E-state index contributed by atoms with van der Waals surface area (Å²) in [4.78, 5) is 0. The number of ether oxygens (including phenoxy) is 1. The van der Waals surface area contributed by atoms with Gasteiger partial charge in [-0.1, -0.05) is 18.2 Å². The highest BCUT2D eigenvalue weighted by molar-refractivity contribution is 5.31. The van der Waals surface area contributed by atoms with Gasteiger partial charge >= 0.3 is 0 Å². The van der Waals surface area contributed by atoms with E-state index in [1.807, 2.05) is 12.1 Å². The molecule has 0 spiro atoms. The summed E-state index contributed by atoms with van der Waals surface area (Å²) in [6.45, 7) is 0.543. The number of hydrogen-bond acceptors (Lipinski definition) is 2. The van der Waals surface area contributed by atoms with E-state index in [0.29, 0.717) is 6.61 Å². The first kappa shape index (κ1) is 10.6. The lowest BCUT2D eigenvalue weighted by molar-refractivity contribution is 0.0637. The molecule has 1 aromatic rings. The minimum atomic E-state index is -0.195. The van der Waals surface area contributed by atoms with Crippen LogP contribution in [0.4, 0.5) is 4.39 Å². The summed E-state index contributed by atoms with van der Waals surface area (Å²) in [6, 6.07) is 7.08. The Balaban J connectivity index is 2.30. The summed E-state index contributed by atoms with van der Waals surface area (Å²) in [5, 5.41) is 0. The lowest BCUT2D eigenvalue weighted by atomic mass is 9.62. The molecular weight excluding hydrogens is 193 g/mol. The molecule has 0 aliphatic heterocycles. The summed E-state index contributed by atoms with van der Waals surface area (Å²) in [7, 11) is 1.65. The van der Waals surface area contributed by atoms with Gasteiger partial charge in [-0.2, -0.15) is 0 Å². The smallest absolute Gasteiger partial charge is 0.127 e. The lowest BCUT2D eigenvalue weighted by Crippen LogP contribution is -2.52. The number of benzene rings is 1. The van der Waals surface area contributed by atoms with Gasteiger partial charge < -0.3 is 10.5 Å². The first-order valence-corrected chi connectivity index (χ1v) is 5.17. The summed E-state index contributed by atoms with van der Waals surface area (Å²) >= 11 is 0. The first-order chi connectivity index (χ1) is 7.18. The molecule has 0 amide bonds. The van der Waals surface area contributed by atoms with Crippen LogP contribution in [0.15, 0.2) is 24.3 Å². The Morgan fingerprint density at radius 3 is 2.67 bits per heavy atom. The molecule has 2 N–H and O–H groups in total. The predicted octanol–water partition coefficient (Wildman–Crippen LogP) is 1.83. The van der Waals surface area contributed by atoms with Crippen LogP contribution in [0.2, 0.25) is 0 Å². The average molecular weight is 209 g/mol. The Kier molecular flexibility index (Phi) is 2.76. The molecule has 0 unspecified atom stereocenters. The molecule has 1 aliphatic carbocycles. The normalized spacial score (nSPS) is 29.9. The van der Waals surface area contributed by atoms with Crippen LogP contribution in [0, 0.1) is 5.82 Å². The SMILES string of the molecule is COCC1(c2ccccc2F)CC(N)C1. The van der Waals surface area contributed by atoms with Crippen molar-refractivity contribution < 1.29 is 9.13 Å². The zero-order valence-electron chi connectivity index (χ0n) is 8.87. The fourth-order valence-corrected chi connectivity index (χ4v) is 2.53. The zero-order chi connectivity index (χ0) is 10.9. The number of methoxy groups -OCH3 is 1.